The van der Waals surface area contributed by atoms with E-state index < -0.39 is 5.97 Å². The van der Waals surface area contributed by atoms with Gasteiger partial charge in [0.15, 0.2) is 5.71 Å². The summed E-state index contributed by atoms with van der Waals surface area (Å²) in [5.41, 5.74) is 1.53. The van der Waals surface area contributed by atoms with E-state index in [1.807, 2.05) is 19.1 Å². The first kappa shape index (κ1) is 17.1. The highest BCUT2D eigenvalue weighted by Crippen LogP contribution is 2.43. The molecule has 124 valence electrons. The van der Waals surface area contributed by atoms with E-state index in [9.17, 15) is 9.90 Å². The van der Waals surface area contributed by atoms with Crippen molar-refractivity contribution >= 4 is 52.2 Å². The molecule has 2 aromatic rings. The number of halogens is 3. The number of benzene rings is 2. The number of nitrogens with zero attached hydrogens (tertiary/aromatic N) is 2. The lowest BCUT2D eigenvalue weighted by Gasteiger charge is -2.27. The Labute approximate surface area is 154 Å². The first-order valence-electron chi connectivity index (χ1n) is 7.20. The van der Waals surface area contributed by atoms with Crippen LogP contribution in [0.2, 0.25) is 15.1 Å². The number of carbonyl (C=O) groups is 1. The Morgan fingerprint density at radius 3 is 2.42 bits per heavy atom. The van der Waals surface area contributed by atoms with Crippen LogP contribution in [0.1, 0.15) is 18.5 Å². The molecule has 0 bridgehead atoms. The van der Waals surface area contributed by atoms with Crippen LogP contribution in [0, 0.1) is 5.92 Å². The number of hydrazone groups is 1. The van der Waals surface area contributed by atoms with Crippen LogP contribution >= 0.6 is 34.8 Å². The zero-order valence-electron chi connectivity index (χ0n) is 12.6. The molecule has 0 aliphatic carbocycles. The molecule has 0 saturated heterocycles. The number of carboxylic acid groups (broad SMARTS) is 1. The summed E-state index contributed by atoms with van der Waals surface area (Å²) in [5.74, 6) is -1.39. The third kappa shape index (κ3) is 2.97. The summed E-state index contributed by atoms with van der Waals surface area (Å²) in [4.78, 5) is 11.5. The largest absolute Gasteiger partial charge is 0.477 e. The molecule has 1 aliphatic heterocycles. The first-order chi connectivity index (χ1) is 11.4. The maximum absolute atomic E-state index is 11.5. The SMILES string of the molecule is CC1C(C(=O)O)=NN(c2cccc(Cl)c2Cl)C1c1ccc(Cl)cc1. The van der Waals surface area contributed by atoms with E-state index >= 15 is 0 Å². The van der Waals surface area contributed by atoms with E-state index in [4.69, 9.17) is 34.8 Å². The molecule has 24 heavy (non-hydrogen) atoms. The van der Waals surface area contributed by atoms with E-state index in [1.54, 1.807) is 35.3 Å². The first-order valence-corrected chi connectivity index (χ1v) is 8.34. The molecule has 1 aliphatic rings. The van der Waals surface area contributed by atoms with Crippen molar-refractivity contribution in [2.45, 2.75) is 13.0 Å². The molecule has 2 atom stereocenters. The van der Waals surface area contributed by atoms with Crippen LogP contribution in [-0.2, 0) is 4.79 Å². The fourth-order valence-corrected chi connectivity index (χ4v) is 3.34. The Kier molecular flexibility index (Phi) is 4.72. The number of anilines is 1. The third-order valence-electron chi connectivity index (χ3n) is 3.99. The van der Waals surface area contributed by atoms with Crippen molar-refractivity contribution < 1.29 is 9.90 Å². The Hall–Kier alpha value is -1.75. The van der Waals surface area contributed by atoms with Crippen molar-refractivity contribution in [2.75, 3.05) is 5.01 Å². The minimum Gasteiger partial charge on any atom is -0.477 e. The predicted octanol–water partition coefficient (Wildman–Crippen LogP) is 5.28. The molecule has 0 amide bonds. The maximum atomic E-state index is 11.5. The summed E-state index contributed by atoms with van der Waals surface area (Å²) in [6, 6.07) is 12.1. The number of carboxylic acids is 1. The smallest absolute Gasteiger partial charge is 0.352 e. The Morgan fingerprint density at radius 2 is 1.79 bits per heavy atom. The Balaban J connectivity index is 2.13. The number of aliphatic carboxylic acids is 1. The fourth-order valence-electron chi connectivity index (χ4n) is 2.83. The highest BCUT2D eigenvalue weighted by molar-refractivity contribution is 6.44. The summed E-state index contributed by atoms with van der Waals surface area (Å²) in [5, 5.41) is 16.7. The lowest BCUT2D eigenvalue weighted by Crippen LogP contribution is -2.26. The van der Waals surface area contributed by atoms with Gasteiger partial charge in [0.2, 0.25) is 0 Å². The average molecular weight is 384 g/mol. The molecule has 0 radical (unpaired) electrons. The van der Waals surface area contributed by atoms with Gasteiger partial charge in [-0.25, -0.2) is 4.79 Å². The Bertz CT molecular complexity index is 821. The second-order valence-electron chi connectivity index (χ2n) is 5.49. The second kappa shape index (κ2) is 6.63. The van der Waals surface area contributed by atoms with Gasteiger partial charge < -0.3 is 5.11 Å². The molecule has 1 N–H and O–H groups in total. The molecule has 0 saturated carbocycles. The third-order valence-corrected chi connectivity index (χ3v) is 5.05. The van der Waals surface area contributed by atoms with Gasteiger partial charge in [-0.2, -0.15) is 5.10 Å². The number of rotatable bonds is 3. The molecule has 2 unspecified atom stereocenters. The van der Waals surface area contributed by atoms with Gasteiger partial charge in [0.25, 0.3) is 0 Å². The minimum atomic E-state index is -1.05. The average Bonchev–Trinajstić information content (AvgIpc) is 2.88. The van der Waals surface area contributed by atoms with E-state index in [-0.39, 0.29) is 17.7 Å². The van der Waals surface area contributed by atoms with Gasteiger partial charge in [-0.05, 0) is 29.8 Å². The van der Waals surface area contributed by atoms with Crippen molar-refractivity contribution in [3.05, 3.63) is 63.1 Å². The normalized spacial score (nSPS) is 20.2. The molecule has 0 spiro atoms. The van der Waals surface area contributed by atoms with Crippen molar-refractivity contribution in [2.24, 2.45) is 11.0 Å². The minimum absolute atomic E-state index is 0.0750. The number of hydrogen-bond donors (Lipinski definition) is 1. The van der Waals surface area contributed by atoms with Crippen LogP contribution in [0.5, 0.6) is 0 Å². The van der Waals surface area contributed by atoms with Gasteiger partial charge >= 0.3 is 5.97 Å². The summed E-state index contributed by atoms with van der Waals surface area (Å²) >= 11 is 18.4. The highest BCUT2D eigenvalue weighted by Gasteiger charge is 2.40. The molecule has 2 aromatic carbocycles. The van der Waals surface area contributed by atoms with Gasteiger partial charge in [0.1, 0.15) is 0 Å². The zero-order chi connectivity index (χ0) is 17.4. The molecule has 0 aromatic heterocycles. The molecule has 7 heteroatoms. The molecule has 3 rings (SSSR count). The van der Waals surface area contributed by atoms with E-state index in [0.717, 1.165) is 5.56 Å². The van der Waals surface area contributed by atoms with Crippen LogP contribution in [0.3, 0.4) is 0 Å². The molecule has 0 fully saturated rings. The van der Waals surface area contributed by atoms with Crippen LogP contribution in [0.4, 0.5) is 5.69 Å². The molecular formula is C17H13Cl3N2O2. The van der Waals surface area contributed by atoms with Crippen LogP contribution in [-0.4, -0.2) is 16.8 Å². The topological polar surface area (TPSA) is 52.9 Å². The Morgan fingerprint density at radius 1 is 1.12 bits per heavy atom. The molecular weight excluding hydrogens is 371 g/mol. The lowest BCUT2D eigenvalue weighted by molar-refractivity contribution is -0.129. The summed E-state index contributed by atoms with van der Waals surface area (Å²) in [6.07, 6.45) is 0. The van der Waals surface area contributed by atoms with Crippen molar-refractivity contribution in [1.82, 2.24) is 0 Å². The van der Waals surface area contributed by atoms with Gasteiger partial charge in [0.05, 0.1) is 21.8 Å². The fraction of sp³-hybridized carbons (Fsp3) is 0.176. The quantitative estimate of drug-likeness (QED) is 0.784. The molecule has 4 nitrogen and oxygen atoms in total. The van der Waals surface area contributed by atoms with Crippen LogP contribution in [0.15, 0.2) is 47.6 Å². The number of hydrogen-bond acceptors (Lipinski definition) is 3. The van der Waals surface area contributed by atoms with Crippen LogP contribution in [0.25, 0.3) is 0 Å². The lowest BCUT2D eigenvalue weighted by atomic mass is 9.91. The van der Waals surface area contributed by atoms with Gasteiger partial charge in [-0.3, -0.25) is 5.01 Å². The zero-order valence-corrected chi connectivity index (χ0v) is 14.8. The van der Waals surface area contributed by atoms with E-state index in [0.29, 0.717) is 20.8 Å². The summed E-state index contributed by atoms with van der Waals surface area (Å²) in [6.45, 7) is 1.82. The van der Waals surface area contributed by atoms with E-state index in [1.165, 1.54) is 0 Å². The van der Waals surface area contributed by atoms with Gasteiger partial charge in [-0.1, -0.05) is 59.9 Å². The standard InChI is InChI=1S/C17H13Cl3N2O2/c1-9-15(17(23)24)21-22(13-4-2-3-12(19)14(13)20)16(9)10-5-7-11(18)8-6-10/h2-9,16H,1H3,(H,23,24). The van der Waals surface area contributed by atoms with Crippen molar-refractivity contribution in [3.63, 3.8) is 0 Å². The molecule has 1 heterocycles. The van der Waals surface area contributed by atoms with Crippen molar-refractivity contribution in [3.8, 4) is 0 Å². The monoisotopic (exact) mass is 382 g/mol. The van der Waals surface area contributed by atoms with Gasteiger partial charge in [-0.15, -0.1) is 0 Å². The maximum Gasteiger partial charge on any atom is 0.352 e. The van der Waals surface area contributed by atoms with Crippen LogP contribution < -0.4 is 5.01 Å². The summed E-state index contributed by atoms with van der Waals surface area (Å²) in [7, 11) is 0. The predicted molar refractivity (Wildman–Crippen MR) is 97.4 cm³/mol. The van der Waals surface area contributed by atoms with Crippen molar-refractivity contribution in [1.29, 1.82) is 0 Å². The second-order valence-corrected chi connectivity index (χ2v) is 6.71. The van der Waals surface area contributed by atoms with Gasteiger partial charge in [0, 0.05) is 10.9 Å². The van der Waals surface area contributed by atoms with E-state index in [2.05, 4.69) is 5.10 Å². The highest BCUT2D eigenvalue weighted by atomic mass is 35.5. The summed E-state index contributed by atoms with van der Waals surface area (Å²) < 4.78 is 0.